The van der Waals surface area contributed by atoms with Gasteiger partial charge in [-0.15, -0.1) is 23.5 Å². The number of benzene rings is 3. The van der Waals surface area contributed by atoms with Crippen LogP contribution < -0.4 is 19.5 Å². The number of amides is 1. The zero-order valence-electron chi connectivity index (χ0n) is 21.9. The number of hydrogen-bond donors (Lipinski definition) is 1. The van der Waals surface area contributed by atoms with Gasteiger partial charge in [0.1, 0.15) is 5.75 Å². The number of methoxy groups -OCH3 is 1. The summed E-state index contributed by atoms with van der Waals surface area (Å²) in [6, 6.07) is 20.1. The number of hydrogen-bond acceptors (Lipinski definition) is 8. The fourth-order valence-corrected chi connectivity index (χ4v) is 4.97. The molecule has 38 heavy (non-hydrogen) atoms. The second-order valence-electron chi connectivity index (χ2n) is 8.26. The minimum absolute atomic E-state index is 0.0259. The quantitative estimate of drug-likeness (QED) is 0.143. The first kappa shape index (κ1) is 29.0. The van der Waals surface area contributed by atoms with Crippen LogP contribution in [0.3, 0.4) is 0 Å². The second-order valence-corrected chi connectivity index (χ2v) is 10.6. The van der Waals surface area contributed by atoms with E-state index in [9.17, 15) is 4.79 Å². The molecule has 0 aromatic heterocycles. The largest absolute Gasteiger partial charge is 0.493 e. The van der Waals surface area contributed by atoms with Gasteiger partial charge in [0.15, 0.2) is 11.5 Å². The lowest BCUT2D eigenvalue weighted by Crippen LogP contribution is -2.32. The standard InChI is InChI=1S/C29H31N3O4S2/c1-6-37-23-13-9-21(10-14-23)28(36-22-11-7-20(17-30)8-12-22)29(33)32-18-38-27-16-25(34-5)26(35-19(2)3)15-24(27)31-4/h7-16,19,28H,4,6,18H2,1-3,5H3,(H,32,33). The van der Waals surface area contributed by atoms with Crippen molar-refractivity contribution in [1.82, 2.24) is 5.32 Å². The van der Waals surface area contributed by atoms with Crippen molar-refractivity contribution in [3.63, 3.8) is 0 Å². The number of ether oxygens (including phenoxy) is 3. The Balaban J connectivity index is 1.77. The van der Waals surface area contributed by atoms with Gasteiger partial charge in [-0.1, -0.05) is 19.1 Å². The molecule has 0 heterocycles. The van der Waals surface area contributed by atoms with Crippen molar-refractivity contribution >= 4 is 41.8 Å². The van der Waals surface area contributed by atoms with E-state index in [0.717, 1.165) is 21.1 Å². The van der Waals surface area contributed by atoms with Crippen molar-refractivity contribution in [3.8, 4) is 23.3 Å². The average molecular weight is 550 g/mol. The summed E-state index contributed by atoms with van der Waals surface area (Å²) in [7, 11) is 1.58. The summed E-state index contributed by atoms with van der Waals surface area (Å²) in [6.07, 6.45) is -0.903. The van der Waals surface area contributed by atoms with Crippen molar-refractivity contribution in [2.45, 2.75) is 42.8 Å². The van der Waals surface area contributed by atoms with Crippen molar-refractivity contribution in [2.75, 3.05) is 18.7 Å². The van der Waals surface area contributed by atoms with Gasteiger partial charge in [0, 0.05) is 21.4 Å². The SMILES string of the molecule is C=Nc1cc(OC(C)C)c(OC)cc1SCNC(=O)C(Oc1ccc(C#N)cc1)c1ccc(SCC)cc1. The van der Waals surface area contributed by atoms with Crippen LogP contribution in [0, 0.1) is 11.3 Å². The number of carbonyl (C=O) groups excluding carboxylic acids is 1. The van der Waals surface area contributed by atoms with E-state index in [4.69, 9.17) is 19.5 Å². The highest BCUT2D eigenvalue weighted by molar-refractivity contribution is 7.99. The maximum Gasteiger partial charge on any atom is 0.266 e. The molecule has 3 aromatic rings. The molecule has 198 valence electrons. The second kappa shape index (κ2) is 14.4. The number of thioether (sulfide) groups is 2. The first-order valence-electron chi connectivity index (χ1n) is 12.0. The summed E-state index contributed by atoms with van der Waals surface area (Å²) in [5, 5.41) is 12.0. The monoisotopic (exact) mass is 549 g/mol. The first-order chi connectivity index (χ1) is 18.4. The molecule has 1 unspecified atom stereocenters. The molecular weight excluding hydrogens is 518 g/mol. The first-order valence-corrected chi connectivity index (χ1v) is 14.0. The summed E-state index contributed by atoms with van der Waals surface area (Å²) in [5.41, 5.74) is 1.88. The van der Waals surface area contributed by atoms with E-state index in [0.29, 0.717) is 28.5 Å². The number of nitriles is 1. The summed E-state index contributed by atoms with van der Waals surface area (Å²) < 4.78 is 17.4. The van der Waals surface area contributed by atoms with Crippen LogP contribution in [0.4, 0.5) is 5.69 Å². The Hall–Kier alpha value is -3.61. The lowest BCUT2D eigenvalue weighted by molar-refractivity contribution is -0.127. The predicted molar refractivity (Wildman–Crippen MR) is 154 cm³/mol. The Morgan fingerprint density at radius 2 is 1.76 bits per heavy atom. The zero-order valence-corrected chi connectivity index (χ0v) is 23.5. The normalized spacial score (nSPS) is 11.4. The van der Waals surface area contributed by atoms with Crippen LogP contribution in [-0.4, -0.2) is 37.5 Å². The van der Waals surface area contributed by atoms with E-state index < -0.39 is 6.10 Å². The van der Waals surface area contributed by atoms with Crippen molar-refractivity contribution in [2.24, 2.45) is 4.99 Å². The predicted octanol–water partition coefficient (Wildman–Crippen LogP) is 6.78. The molecule has 0 saturated carbocycles. The third kappa shape index (κ3) is 7.94. The fourth-order valence-electron chi connectivity index (χ4n) is 3.48. The Labute approximate surface area is 232 Å². The molecule has 1 atom stereocenters. The summed E-state index contributed by atoms with van der Waals surface area (Å²) in [5.74, 6) is 2.58. The molecule has 0 saturated heterocycles. The molecule has 3 aromatic carbocycles. The summed E-state index contributed by atoms with van der Waals surface area (Å²) >= 11 is 3.12. The number of carbonyl (C=O) groups is 1. The third-order valence-electron chi connectivity index (χ3n) is 5.22. The lowest BCUT2D eigenvalue weighted by Gasteiger charge is -2.20. The minimum Gasteiger partial charge on any atom is -0.493 e. The van der Waals surface area contributed by atoms with Crippen LogP contribution in [0.1, 0.15) is 38.0 Å². The third-order valence-corrected chi connectivity index (χ3v) is 7.04. The molecule has 0 aliphatic heterocycles. The molecule has 0 aliphatic carbocycles. The number of rotatable bonds is 13. The smallest absolute Gasteiger partial charge is 0.266 e. The van der Waals surface area contributed by atoms with E-state index >= 15 is 0 Å². The zero-order chi connectivity index (χ0) is 27.5. The fraction of sp³-hybridized carbons (Fsp3) is 0.276. The van der Waals surface area contributed by atoms with E-state index in [1.807, 2.05) is 44.2 Å². The van der Waals surface area contributed by atoms with Gasteiger partial charge in [0.2, 0.25) is 6.10 Å². The molecule has 1 amide bonds. The van der Waals surface area contributed by atoms with Crippen LogP contribution in [0.15, 0.2) is 75.4 Å². The molecule has 0 fully saturated rings. The Bertz CT molecular complexity index is 1270. The molecule has 0 radical (unpaired) electrons. The highest BCUT2D eigenvalue weighted by atomic mass is 32.2. The molecular formula is C29H31N3O4S2. The van der Waals surface area contributed by atoms with Gasteiger partial charge in [0.05, 0.1) is 36.4 Å². The summed E-state index contributed by atoms with van der Waals surface area (Å²) in [4.78, 5) is 19.4. The maximum absolute atomic E-state index is 13.3. The van der Waals surface area contributed by atoms with Gasteiger partial charge in [0.25, 0.3) is 5.91 Å². The van der Waals surface area contributed by atoms with Crippen molar-refractivity contribution < 1.29 is 19.0 Å². The molecule has 0 aliphatic rings. The molecule has 0 spiro atoms. The number of nitrogens with one attached hydrogen (secondary N) is 1. The Kier molecular flexibility index (Phi) is 10.9. The van der Waals surface area contributed by atoms with E-state index in [-0.39, 0.29) is 17.9 Å². The van der Waals surface area contributed by atoms with Gasteiger partial charge in [-0.3, -0.25) is 9.79 Å². The van der Waals surface area contributed by atoms with Gasteiger partial charge in [-0.2, -0.15) is 5.26 Å². The molecule has 0 bridgehead atoms. The summed E-state index contributed by atoms with van der Waals surface area (Å²) in [6.45, 7) is 9.63. The minimum atomic E-state index is -0.877. The molecule has 7 nitrogen and oxygen atoms in total. The highest BCUT2D eigenvalue weighted by Crippen LogP contribution is 2.40. The average Bonchev–Trinajstić information content (AvgIpc) is 2.92. The van der Waals surface area contributed by atoms with Gasteiger partial charge in [-0.25, -0.2) is 0 Å². The topological polar surface area (TPSA) is 92.9 Å². The van der Waals surface area contributed by atoms with Crippen LogP contribution in [0.5, 0.6) is 17.2 Å². The molecule has 9 heteroatoms. The van der Waals surface area contributed by atoms with Gasteiger partial charge < -0.3 is 19.5 Å². The number of aliphatic imine (C=N–C) groups is 1. The molecule has 3 rings (SSSR count). The van der Waals surface area contributed by atoms with Crippen LogP contribution >= 0.6 is 23.5 Å². The van der Waals surface area contributed by atoms with Crippen LogP contribution in [0.2, 0.25) is 0 Å². The van der Waals surface area contributed by atoms with Gasteiger partial charge in [-0.05, 0) is 68.8 Å². The highest BCUT2D eigenvalue weighted by Gasteiger charge is 2.23. The lowest BCUT2D eigenvalue weighted by atomic mass is 10.1. The van der Waals surface area contributed by atoms with Gasteiger partial charge >= 0.3 is 0 Å². The van der Waals surface area contributed by atoms with Crippen LogP contribution in [-0.2, 0) is 4.79 Å². The Morgan fingerprint density at radius 1 is 1.05 bits per heavy atom. The van der Waals surface area contributed by atoms with Crippen molar-refractivity contribution in [3.05, 3.63) is 71.8 Å². The van der Waals surface area contributed by atoms with Crippen LogP contribution in [0.25, 0.3) is 0 Å². The maximum atomic E-state index is 13.3. The Morgan fingerprint density at radius 3 is 2.34 bits per heavy atom. The van der Waals surface area contributed by atoms with E-state index in [1.54, 1.807) is 49.2 Å². The molecule has 1 N–H and O–H groups in total. The van der Waals surface area contributed by atoms with E-state index in [1.165, 1.54) is 11.8 Å². The van der Waals surface area contributed by atoms with E-state index in [2.05, 4.69) is 30.0 Å². The van der Waals surface area contributed by atoms with Crippen molar-refractivity contribution in [1.29, 1.82) is 5.26 Å². The number of nitrogens with zero attached hydrogens (tertiary/aromatic N) is 2.